The van der Waals surface area contributed by atoms with E-state index in [9.17, 15) is 4.79 Å². The summed E-state index contributed by atoms with van der Waals surface area (Å²) in [4.78, 5) is 14.1. The lowest BCUT2D eigenvalue weighted by Gasteiger charge is -2.18. The summed E-state index contributed by atoms with van der Waals surface area (Å²) in [6.07, 6.45) is 0.758. The van der Waals surface area contributed by atoms with Crippen LogP contribution in [0.5, 0.6) is 0 Å². The van der Waals surface area contributed by atoms with Crippen molar-refractivity contribution < 1.29 is 4.79 Å². The van der Waals surface area contributed by atoms with Gasteiger partial charge in [-0.2, -0.15) is 5.26 Å². The standard InChI is InChI=1S/C16H14N4O/c17-10-11-3-1-4-12(9-11)19-16(21)20-8-7-13-14(18)5-2-6-15(13)20/h1-6,9H,7-8,18H2,(H,19,21). The Morgan fingerprint density at radius 3 is 2.90 bits per heavy atom. The van der Waals surface area contributed by atoms with E-state index in [-0.39, 0.29) is 6.03 Å². The van der Waals surface area contributed by atoms with E-state index < -0.39 is 0 Å². The lowest BCUT2D eigenvalue weighted by atomic mass is 10.1. The van der Waals surface area contributed by atoms with Gasteiger partial charge in [-0.15, -0.1) is 0 Å². The topological polar surface area (TPSA) is 82.2 Å². The second-order valence-electron chi connectivity index (χ2n) is 4.87. The number of nitriles is 1. The van der Waals surface area contributed by atoms with Crippen molar-refractivity contribution >= 4 is 23.1 Å². The number of nitrogens with two attached hydrogens (primary N) is 1. The largest absolute Gasteiger partial charge is 0.398 e. The van der Waals surface area contributed by atoms with Gasteiger partial charge in [0.25, 0.3) is 0 Å². The number of benzene rings is 2. The van der Waals surface area contributed by atoms with E-state index in [0.29, 0.717) is 23.5 Å². The average Bonchev–Trinajstić information content (AvgIpc) is 2.93. The fourth-order valence-corrected chi connectivity index (χ4v) is 2.53. The van der Waals surface area contributed by atoms with Crippen molar-refractivity contribution in [1.82, 2.24) is 0 Å². The van der Waals surface area contributed by atoms with Crippen LogP contribution in [-0.2, 0) is 6.42 Å². The van der Waals surface area contributed by atoms with Gasteiger partial charge in [0, 0.05) is 23.5 Å². The zero-order valence-corrected chi connectivity index (χ0v) is 11.3. The maximum absolute atomic E-state index is 12.4. The molecule has 0 saturated heterocycles. The third kappa shape index (κ3) is 2.39. The van der Waals surface area contributed by atoms with Gasteiger partial charge in [-0.3, -0.25) is 4.90 Å². The number of carbonyl (C=O) groups is 1. The molecule has 0 spiro atoms. The molecule has 0 fully saturated rings. The number of anilines is 3. The van der Waals surface area contributed by atoms with Crippen molar-refractivity contribution in [3.63, 3.8) is 0 Å². The fraction of sp³-hybridized carbons (Fsp3) is 0.125. The highest BCUT2D eigenvalue weighted by Gasteiger charge is 2.25. The quantitative estimate of drug-likeness (QED) is 0.787. The van der Waals surface area contributed by atoms with Crippen LogP contribution in [0.4, 0.5) is 21.9 Å². The van der Waals surface area contributed by atoms with Crippen LogP contribution in [0.15, 0.2) is 42.5 Å². The lowest BCUT2D eigenvalue weighted by molar-refractivity contribution is 0.257. The third-order valence-electron chi connectivity index (χ3n) is 3.55. The Morgan fingerprint density at radius 2 is 2.10 bits per heavy atom. The van der Waals surface area contributed by atoms with E-state index in [0.717, 1.165) is 17.7 Å². The van der Waals surface area contributed by atoms with Gasteiger partial charge >= 0.3 is 6.03 Å². The van der Waals surface area contributed by atoms with Gasteiger partial charge in [-0.25, -0.2) is 4.79 Å². The van der Waals surface area contributed by atoms with Crippen LogP contribution in [0, 0.1) is 11.3 Å². The smallest absolute Gasteiger partial charge is 0.326 e. The van der Waals surface area contributed by atoms with Crippen LogP contribution >= 0.6 is 0 Å². The maximum Gasteiger partial charge on any atom is 0.326 e. The molecule has 0 bridgehead atoms. The van der Waals surface area contributed by atoms with E-state index in [1.165, 1.54) is 0 Å². The molecule has 1 heterocycles. The Labute approximate surface area is 122 Å². The number of rotatable bonds is 1. The van der Waals surface area contributed by atoms with Crippen LogP contribution in [0.3, 0.4) is 0 Å². The fourth-order valence-electron chi connectivity index (χ4n) is 2.53. The summed E-state index contributed by atoms with van der Waals surface area (Å²) in [6, 6.07) is 14.3. The number of hydrogen-bond acceptors (Lipinski definition) is 3. The number of fused-ring (bicyclic) bond motifs is 1. The van der Waals surface area contributed by atoms with Crippen LogP contribution in [-0.4, -0.2) is 12.6 Å². The monoisotopic (exact) mass is 278 g/mol. The van der Waals surface area contributed by atoms with Crippen molar-refractivity contribution in [2.75, 3.05) is 22.5 Å². The molecule has 104 valence electrons. The number of nitrogen functional groups attached to an aromatic ring is 1. The van der Waals surface area contributed by atoms with Crippen LogP contribution in [0.2, 0.25) is 0 Å². The number of urea groups is 1. The highest BCUT2D eigenvalue weighted by atomic mass is 16.2. The molecule has 1 aliphatic rings. The molecule has 2 aromatic carbocycles. The van der Waals surface area contributed by atoms with E-state index in [1.807, 2.05) is 18.2 Å². The summed E-state index contributed by atoms with van der Waals surface area (Å²) in [5.41, 5.74) is 9.63. The molecule has 2 amide bonds. The molecular weight excluding hydrogens is 264 g/mol. The molecule has 5 heteroatoms. The molecule has 0 radical (unpaired) electrons. The highest BCUT2D eigenvalue weighted by Crippen LogP contribution is 2.32. The first kappa shape index (κ1) is 13.0. The molecule has 3 N–H and O–H groups in total. The Bertz CT molecular complexity index is 748. The van der Waals surface area contributed by atoms with E-state index in [1.54, 1.807) is 29.2 Å². The van der Waals surface area contributed by atoms with E-state index in [2.05, 4.69) is 11.4 Å². The van der Waals surface area contributed by atoms with Crippen molar-refractivity contribution in [1.29, 1.82) is 5.26 Å². The molecule has 0 saturated carbocycles. The van der Waals surface area contributed by atoms with Crippen molar-refractivity contribution in [2.24, 2.45) is 0 Å². The van der Waals surface area contributed by atoms with Crippen molar-refractivity contribution in [2.45, 2.75) is 6.42 Å². The van der Waals surface area contributed by atoms with Crippen molar-refractivity contribution in [3.05, 3.63) is 53.6 Å². The summed E-state index contributed by atoms with van der Waals surface area (Å²) >= 11 is 0. The van der Waals surface area contributed by atoms with Gasteiger partial charge in [0.15, 0.2) is 0 Å². The first-order valence-corrected chi connectivity index (χ1v) is 6.65. The van der Waals surface area contributed by atoms with Gasteiger partial charge < -0.3 is 11.1 Å². The third-order valence-corrected chi connectivity index (χ3v) is 3.55. The summed E-state index contributed by atoms with van der Waals surface area (Å²) < 4.78 is 0. The highest BCUT2D eigenvalue weighted by molar-refractivity contribution is 6.03. The minimum Gasteiger partial charge on any atom is -0.398 e. The van der Waals surface area contributed by atoms with E-state index >= 15 is 0 Å². The second-order valence-corrected chi connectivity index (χ2v) is 4.87. The van der Waals surface area contributed by atoms with Gasteiger partial charge in [0.2, 0.25) is 0 Å². The summed E-state index contributed by atoms with van der Waals surface area (Å²) in [7, 11) is 0. The molecule has 21 heavy (non-hydrogen) atoms. The minimum absolute atomic E-state index is 0.213. The average molecular weight is 278 g/mol. The Hall–Kier alpha value is -3.00. The first-order valence-electron chi connectivity index (χ1n) is 6.65. The zero-order valence-electron chi connectivity index (χ0n) is 11.3. The molecule has 0 aromatic heterocycles. The second kappa shape index (κ2) is 5.17. The molecule has 2 aromatic rings. The molecule has 0 aliphatic carbocycles. The van der Waals surface area contributed by atoms with Gasteiger partial charge in [-0.1, -0.05) is 12.1 Å². The van der Waals surface area contributed by atoms with Crippen LogP contribution < -0.4 is 16.0 Å². The predicted octanol–water partition coefficient (Wildman–Crippen LogP) is 2.74. The summed E-state index contributed by atoms with van der Waals surface area (Å²) in [6.45, 7) is 0.604. The number of carbonyl (C=O) groups excluding carboxylic acids is 1. The summed E-state index contributed by atoms with van der Waals surface area (Å²) in [5.74, 6) is 0. The normalized spacial score (nSPS) is 12.6. The maximum atomic E-state index is 12.4. The Morgan fingerprint density at radius 1 is 1.29 bits per heavy atom. The number of nitrogens with zero attached hydrogens (tertiary/aromatic N) is 2. The molecule has 5 nitrogen and oxygen atoms in total. The first-order chi connectivity index (χ1) is 10.2. The molecule has 1 aliphatic heterocycles. The SMILES string of the molecule is N#Cc1cccc(NC(=O)N2CCc3c(N)cccc32)c1. The van der Waals surface area contributed by atoms with Crippen molar-refractivity contribution in [3.8, 4) is 6.07 Å². The number of nitrogens with one attached hydrogen (secondary N) is 1. The van der Waals surface area contributed by atoms with Gasteiger partial charge in [0.05, 0.1) is 17.3 Å². The molecular formula is C16H14N4O. The molecule has 3 rings (SSSR count). The summed E-state index contributed by atoms with van der Waals surface area (Å²) in [5, 5.41) is 11.7. The molecule has 0 atom stereocenters. The predicted molar refractivity (Wildman–Crippen MR) is 82.1 cm³/mol. The van der Waals surface area contributed by atoms with Gasteiger partial charge in [0.1, 0.15) is 0 Å². The van der Waals surface area contributed by atoms with E-state index in [4.69, 9.17) is 11.0 Å². The number of hydrogen-bond donors (Lipinski definition) is 2. The van der Waals surface area contributed by atoms with Gasteiger partial charge in [-0.05, 0) is 36.8 Å². The van der Waals surface area contributed by atoms with Crippen LogP contribution in [0.25, 0.3) is 0 Å². The Kier molecular flexibility index (Phi) is 3.20. The Balaban J connectivity index is 1.82. The molecule has 0 unspecified atom stereocenters. The zero-order chi connectivity index (χ0) is 14.8. The lowest BCUT2D eigenvalue weighted by Crippen LogP contribution is -2.33. The number of amides is 2. The minimum atomic E-state index is -0.213. The van der Waals surface area contributed by atoms with Crippen LogP contribution in [0.1, 0.15) is 11.1 Å².